The van der Waals surface area contributed by atoms with E-state index in [0.717, 1.165) is 12.8 Å². The van der Waals surface area contributed by atoms with Gasteiger partial charge in [0, 0.05) is 43.6 Å². The van der Waals surface area contributed by atoms with Crippen molar-refractivity contribution in [2.75, 3.05) is 31.2 Å². The van der Waals surface area contributed by atoms with Crippen molar-refractivity contribution in [1.82, 2.24) is 19.9 Å². The van der Waals surface area contributed by atoms with Crippen LogP contribution in [0.1, 0.15) is 38.6 Å². The molecule has 0 unspecified atom stereocenters. The fraction of sp³-hybridized carbons (Fsp3) is 0.765. The van der Waals surface area contributed by atoms with Gasteiger partial charge < -0.3 is 9.64 Å². The third-order valence-electron chi connectivity index (χ3n) is 5.89. The molecule has 2 amide bonds. The number of aromatic nitrogens is 3. The molecule has 2 saturated heterocycles. The van der Waals surface area contributed by atoms with E-state index in [2.05, 4.69) is 14.7 Å². The number of ether oxygens (including phenoxy) is 1. The van der Waals surface area contributed by atoms with Crippen LogP contribution in [0.15, 0.2) is 16.8 Å². The minimum absolute atomic E-state index is 0.0230. The van der Waals surface area contributed by atoms with Crippen molar-refractivity contribution in [2.45, 2.75) is 44.2 Å². The Hall–Kier alpha value is -1.81. The maximum Gasteiger partial charge on any atom is 0.250 e. The van der Waals surface area contributed by atoms with Crippen molar-refractivity contribution >= 4 is 21.5 Å². The van der Waals surface area contributed by atoms with Crippen LogP contribution in [0.5, 0.6) is 0 Å². The van der Waals surface area contributed by atoms with Crippen LogP contribution in [0.4, 0.5) is 0 Å². The molecule has 1 saturated carbocycles. The lowest BCUT2D eigenvalue weighted by Gasteiger charge is -2.47. The van der Waals surface area contributed by atoms with Gasteiger partial charge in [-0.05, 0) is 25.7 Å². The second kappa shape index (κ2) is 6.97. The Kier molecular flexibility index (Phi) is 4.79. The standard InChI is InChI=1S/C17H25N5O4S/c1-13(23)19-27(25)8-2-17(3-9-27)12-21(6-7-26-17)16(24)14-10-15(11-14)22-5-4-18-20-22/h4-5,14-15H,2-3,6-12H2,1H3. The SMILES string of the molecule is CC(=O)N=S1(=O)CCC2(CC1)CN(C(=O)C1CC(n3ccnn3)C1)CCO2. The molecule has 2 aliphatic heterocycles. The minimum atomic E-state index is -2.47. The maximum atomic E-state index is 12.9. The highest BCUT2D eigenvalue weighted by Gasteiger charge is 2.45. The second-order valence-electron chi connectivity index (χ2n) is 7.79. The Bertz CT molecular complexity index is 826. The quantitative estimate of drug-likeness (QED) is 0.727. The van der Waals surface area contributed by atoms with Crippen molar-refractivity contribution in [1.29, 1.82) is 0 Å². The summed E-state index contributed by atoms with van der Waals surface area (Å²) in [6.07, 6.45) is 6.20. The molecule has 148 valence electrons. The van der Waals surface area contributed by atoms with E-state index in [1.165, 1.54) is 6.92 Å². The third-order valence-corrected chi connectivity index (χ3v) is 8.16. The number of nitrogens with zero attached hydrogens (tertiary/aromatic N) is 5. The lowest BCUT2D eigenvalue weighted by atomic mass is 9.79. The van der Waals surface area contributed by atoms with Crippen molar-refractivity contribution < 1.29 is 18.5 Å². The summed E-state index contributed by atoms with van der Waals surface area (Å²) in [7, 11) is -2.47. The van der Waals surface area contributed by atoms with Gasteiger partial charge in [0.2, 0.25) is 5.91 Å². The third kappa shape index (κ3) is 3.77. The minimum Gasteiger partial charge on any atom is -0.371 e. The Morgan fingerprint density at radius 3 is 2.67 bits per heavy atom. The fourth-order valence-corrected chi connectivity index (χ4v) is 6.49. The molecule has 1 aromatic heterocycles. The van der Waals surface area contributed by atoms with Gasteiger partial charge in [0.15, 0.2) is 0 Å². The molecule has 0 atom stereocenters. The normalized spacial score (nSPS) is 36.3. The molecule has 4 rings (SSSR count). The first kappa shape index (κ1) is 18.5. The summed E-state index contributed by atoms with van der Waals surface area (Å²) in [6.45, 7) is 2.96. The largest absolute Gasteiger partial charge is 0.371 e. The van der Waals surface area contributed by atoms with Gasteiger partial charge in [0.25, 0.3) is 5.91 Å². The Balaban J connectivity index is 1.36. The van der Waals surface area contributed by atoms with Gasteiger partial charge in [0.05, 0.1) is 34.2 Å². The average molecular weight is 395 g/mol. The molecule has 3 heterocycles. The first-order valence-electron chi connectivity index (χ1n) is 9.40. The summed E-state index contributed by atoms with van der Waals surface area (Å²) in [5.41, 5.74) is -0.448. The molecule has 3 aliphatic rings. The number of carbonyl (C=O) groups is 2. The molecule has 1 spiro atoms. The average Bonchev–Trinajstić information content (AvgIpc) is 3.10. The van der Waals surface area contributed by atoms with E-state index in [-0.39, 0.29) is 23.8 Å². The van der Waals surface area contributed by atoms with E-state index in [0.29, 0.717) is 44.0 Å². The summed E-state index contributed by atoms with van der Waals surface area (Å²) in [6, 6.07) is 0.254. The van der Waals surface area contributed by atoms with Gasteiger partial charge in [-0.2, -0.15) is 4.36 Å². The van der Waals surface area contributed by atoms with Crippen LogP contribution in [-0.2, 0) is 24.1 Å². The molecular weight excluding hydrogens is 370 g/mol. The Morgan fingerprint density at radius 2 is 2.04 bits per heavy atom. The molecular formula is C17H25N5O4S. The van der Waals surface area contributed by atoms with Crippen LogP contribution in [-0.4, -0.2) is 72.7 Å². The Morgan fingerprint density at radius 1 is 1.30 bits per heavy atom. The van der Waals surface area contributed by atoms with Crippen LogP contribution in [0.25, 0.3) is 0 Å². The van der Waals surface area contributed by atoms with Crippen LogP contribution in [0, 0.1) is 5.92 Å². The van der Waals surface area contributed by atoms with Crippen molar-refractivity contribution in [2.24, 2.45) is 10.3 Å². The molecule has 0 aromatic carbocycles. The van der Waals surface area contributed by atoms with Gasteiger partial charge in [-0.15, -0.1) is 5.10 Å². The summed E-state index contributed by atoms with van der Waals surface area (Å²) < 4.78 is 24.3. The van der Waals surface area contributed by atoms with Crippen LogP contribution in [0.3, 0.4) is 0 Å². The van der Waals surface area contributed by atoms with Crippen LogP contribution in [0.2, 0.25) is 0 Å². The van der Waals surface area contributed by atoms with Gasteiger partial charge in [-0.25, -0.2) is 8.89 Å². The summed E-state index contributed by atoms with van der Waals surface area (Å²) in [5.74, 6) is 0.520. The maximum absolute atomic E-state index is 12.9. The molecule has 27 heavy (non-hydrogen) atoms. The van der Waals surface area contributed by atoms with Gasteiger partial charge in [0.1, 0.15) is 0 Å². The molecule has 9 nitrogen and oxygen atoms in total. The van der Waals surface area contributed by atoms with Crippen molar-refractivity contribution in [3.63, 3.8) is 0 Å². The lowest BCUT2D eigenvalue weighted by molar-refractivity contribution is -0.159. The predicted molar refractivity (Wildman–Crippen MR) is 97.3 cm³/mol. The molecule has 3 fully saturated rings. The zero-order valence-electron chi connectivity index (χ0n) is 15.5. The van der Waals surface area contributed by atoms with E-state index in [4.69, 9.17) is 4.74 Å². The Labute approximate surface area is 158 Å². The van der Waals surface area contributed by atoms with E-state index >= 15 is 0 Å². The van der Waals surface area contributed by atoms with Crippen molar-refractivity contribution in [3.8, 4) is 0 Å². The molecule has 0 N–H and O–H groups in total. The van der Waals surface area contributed by atoms with Gasteiger partial charge >= 0.3 is 0 Å². The van der Waals surface area contributed by atoms with Crippen LogP contribution < -0.4 is 0 Å². The van der Waals surface area contributed by atoms with E-state index in [9.17, 15) is 13.8 Å². The van der Waals surface area contributed by atoms with Crippen LogP contribution >= 0.6 is 0 Å². The monoisotopic (exact) mass is 395 g/mol. The number of carbonyl (C=O) groups excluding carboxylic acids is 2. The van der Waals surface area contributed by atoms with Gasteiger partial charge in [-0.1, -0.05) is 5.21 Å². The summed E-state index contributed by atoms with van der Waals surface area (Å²) >= 11 is 0. The number of hydrogen-bond donors (Lipinski definition) is 0. The molecule has 1 aliphatic carbocycles. The highest BCUT2D eigenvalue weighted by Crippen LogP contribution is 2.40. The number of hydrogen-bond acceptors (Lipinski definition) is 6. The topological polar surface area (TPSA) is 107 Å². The predicted octanol–water partition coefficient (Wildman–Crippen LogP) is 0.635. The first-order chi connectivity index (χ1) is 12.9. The first-order valence-corrected chi connectivity index (χ1v) is 11.3. The molecule has 1 aromatic rings. The lowest BCUT2D eigenvalue weighted by Crippen LogP contribution is -2.58. The van der Waals surface area contributed by atoms with Gasteiger partial charge in [-0.3, -0.25) is 9.59 Å². The number of morpholine rings is 1. The van der Waals surface area contributed by atoms with E-state index < -0.39 is 15.3 Å². The van der Waals surface area contributed by atoms with E-state index in [1.807, 2.05) is 15.8 Å². The molecule has 10 heteroatoms. The smallest absolute Gasteiger partial charge is 0.250 e. The number of amides is 2. The molecule has 0 radical (unpaired) electrons. The summed E-state index contributed by atoms with van der Waals surface area (Å²) in [4.78, 5) is 26.0. The zero-order valence-corrected chi connectivity index (χ0v) is 16.3. The zero-order chi connectivity index (χ0) is 19.1. The highest BCUT2D eigenvalue weighted by molar-refractivity contribution is 7.93. The van der Waals surface area contributed by atoms with E-state index in [1.54, 1.807) is 6.20 Å². The highest BCUT2D eigenvalue weighted by atomic mass is 32.2. The van der Waals surface area contributed by atoms with Crippen molar-refractivity contribution in [3.05, 3.63) is 12.4 Å². The number of rotatable bonds is 2. The summed E-state index contributed by atoms with van der Waals surface area (Å²) in [5, 5.41) is 7.83. The second-order valence-corrected chi connectivity index (χ2v) is 10.3. The fourth-order valence-electron chi connectivity index (χ4n) is 4.25. The molecule has 0 bridgehead atoms.